The standard InChI is InChI=1S/C13H13BrN6O/c1-8(11(21)9-2-4-10(14)5-3-9)16-12-13-17-18-19-20(13)7-6-15-12/h2-8,11,21H,1H3,(H,15,16). The monoisotopic (exact) mass is 348 g/mol. The van der Waals surface area contributed by atoms with Crippen LogP contribution in [0.15, 0.2) is 41.1 Å². The molecule has 0 aliphatic carbocycles. The minimum atomic E-state index is -0.670. The summed E-state index contributed by atoms with van der Waals surface area (Å²) in [5, 5.41) is 24.9. The third-order valence-corrected chi connectivity index (χ3v) is 3.69. The van der Waals surface area contributed by atoms with Crippen LogP contribution in [0.1, 0.15) is 18.6 Å². The van der Waals surface area contributed by atoms with Gasteiger partial charge in [-0.3, -0.25) is 0 Å². The molecular weight excluding hydrogens is 336 g/mol. The maximum absolute atomic E-state index is 10.4. The second kappa shape index (κ2) is 5.74. The zero-order valence-electron chi connectivity index (χ0n) is 11.2. The number of nitrogens with zero attached hydrogens (tertiary/aromatic N) is 5. The van der Waals surface area contributed by atoms with E-state index in [0.29, 0.717) is 11.5 Å². The van der Waals surface area contributed by atoms with Gasteiger partial charge in [0.15, 0.2) is 5.82 Å². The topological polar surface area (TPSA) is 88.2 Å². The van der Waals surface area contributed by atoms with Gasteiger partial charge in [0, 0.05) is 10.7 Å². The number of fused-ring (bicyclic) bond motifs is 1. The van der Waals surface area contributed by atoms with Gasteiger partial charge < -0.3 is 10.4 Å². The lowest BCUT2D eigenvalue weighted by Gasteiger charge is -2.21. The van der Waals surface area contributed by atoms with Crippen molar-refractivity contribution in [3.8, 4) is 0 Å². The molecule has 2 aromatic heterocycles. The van der Waals surface area contributed by atoms with Gasteiger partial charge in [0.05, 0.1) is 18.3 Å². The molecule has 0 aliphatic heterocycles. The molecular formula is C13H13BrN6O. The van der Waals surface area contributed by atoms with E-state index in [1.165, 1.54) is 4.52 Å². The molecule has 0 aliphatic rings. The van der Waals surface area contributed by atoms with Crippen molar-refractivity contribution in [1.29, 1.82) is 0 Å². The summed E-state index contributed by atoms with van der Waals surface area (Å²) in [5.74, 6) is 0.533. The molecule has 108 valence electrons. The van der Waals surface area contributed by atoms with Crippen molar-refractivity contribution in [3.05, 3.63) is 46.7 Å². The van der Waals surface area contributed by atoms with Crippen LogP contribution in [0.2, 0.25) is 0 Å². The predicted molar refractivity (Wildman–Crippen MR) is 80.8 cm³/mol. The molecule has 2 N–H and O–H groups in total. The zero-order valence-corrected chi connectivity index (χ0v) is 12.8. The van der Waals surface area contributed by atoms with Crippen LogP contribution in [0.3, 0.4) is 0 Å². The largest absolute Gasteiger partial charge is 0.386 e. The van der Waals surface area contributed by atoms with E-state index in [-0.39, 0.29) is 6.04 Å². The fraction of sp³-hybridized carbons (Fsp3) is 0.231. The van der Waals surface area contributed by atoms with Crippen molar-refractivity contribution in [2.24, 2.45) is 0 Å². The molecule has 8 heteroatoms. The first-order chi connectivity index (χ1) is 10.1. The molecule has 0 bridgehead atoms. The number of rotatable bonds is 4. The molecule has 21 heavy (non-hydrogen) atoms. The number of hydrogen-bond acceptors (Lipinski definition) is 6. The van der Waals surface area contributed by atoms with Gasteiger partial charge in [-0.1, -0.05) is 28.1 Å². The molecule has 1 aromatic carbocycles. The summed E-state index contributed by atoms with van der Waals surface area (Å²) in [6, 6.07) is 7.29. The van der Waals surface area contributed by atoms with Crippen LogP contribution in [-0.4, -0.2) is 36.2 Å². The Hall–Kier alpha value is -2.06. The van der Waals surface area contributed by atoms with Crippen molar-refractivity contribution in [2.75, 3.05) is 5.32 Å². The fourth-order valence-corrected chi connectivity index (χ4v) is 2.29. The lowest BCUT2D eigenvalue weighted by Crippen LogP contribution is -2.25. The molecule has 0 amide bonds. The van der Waals surface area contributed by atoms with Crippen molar-refractivity contribution < 1.29 is 5.11 Å². The van der Waals surface area contributed by atoms with Gasteiger partial charge in [-0.2, -0.15) is 4.52 Å². The predicted octanol–water partition coefficient (Wildman–Crippen LogP) is 1.82. The number of aromatic nitrogens is 5. The van der Waals surface area contributed by atoms with Crippen LogP contribution >= 0.6 is 15.9 Å². The SMILES string of the molecule is CC(Nc1nccn2nnnc12)C(O)c1ccc(Br)cc1. The second-order valence-electron chi connectivity index (χ2n) is 4.65. The molecule has 0 saturated carbocycles. The summed E-state index contributed by atoms with van der Waals surface area (Å²) < 4.78 is 2.49. The van der Waals surface area contributed by atoms with E-state index >= 15 is 0 Å². The van der Waals surface area contributed by atoms with Gasteiger partial charge in [0.1, 0.15) is 0 Å². The number of tetrazole rings is 1. The fourth-order valence-electron chi connectivity index (χ4n) is 2.02. The highest BCUT2D eigenvalue weighted by Gasteiger charge is 2.18. The minimum Gasteiger partial charge on any atom is -0.386 e. The number of aliphatic hydroxyl groups excluding tert-OH is 1. The van der Waals surface area contributed by atoms with E-state index < -0.39 is 6.10 Å². The average Bonchev–Trinajstić information content (AvgIpc) is 2.97. The molecule has 0 fully saturated rings. The summed E-state index contributed by atoms with van der Waals surface area (Å²) in [6.07, 6.45) is 2.59. The zero-order chi connectivity index (χ0) is 14.8. The molecule has 2 heterocycles. The summed E-state index contributed by atoms with van der Waals surface area (Å²) in [6.45, 7) is 1.88. The van der Waals surface area contributed by atoms with Gasteiger partial charge in [0.25, 0.3) is 0 Å². The van der Waals surface area contributed by atoms with Crippen LogP contribution in [0.25, 0.3) is 5.65 Å². The Bertz CT molecular complexity index is 744. The van der Waals surface area contributed by atoms with Gasteiger partial charge >= 0.3 is 0 Å². The second-order valence-corrected chi connectivity index (χ2v) is 5.57. The Labute approximate surface area is 129 Å². The quantitative estimate of drug-likeness (QED) is 0.747. The lowest BCUT2D eigenvalue weighted by molar-refractivity contribution is 0.160. The number of benzene rings is 1. The number of hydrogen-bond donors (Lipinski definition) is 2. The van der Waals surface area contributed by atoms with E-state index in [2.05, 4.69) is 41.8 Å². The minimum absolute atomic E-state index is 0.249. The Kier molecular flexibility index (Phi) is 3.80. The first-order valence-electron chi connectivity index (χ1n) is 6.38. The Morgan fingerprint density at radius 2 is 2.05 bits per heavy atom. The van der Waals surface area contributed by atoms with Gasteiger partial charge in [0.2, 0.25) is 5.65 Å². The Morgan fingerprint density at radius 1 is 1.29 bits per heavy atom. The maximum atomic E-state index is 10.4. The van der Waals surface area contributed by atoms with Gasteiger partial charge in [-0.15, -0.1) is 5.10 Å². The van der Waals surface area contributed by atoms with Crippen molar-refractivity contribution in [3.63, 3.8) is 0 Å². The van der Waals surface area contributed by atoms with Crippen LogP contribution in [-0.2, 0) is 0 Å². The number of halogens is 1. The summed E-state index contributed by atoms with van der Waals surface area (Å²) in [7, 11) is 0. The molecule has 0 radical (unpaired) electrons. The van der Waals surface area contributed by atoms with Crippen LogP contribution in [0, 0.1) is 0 Å². The van der Waals surface area contributed by atoms with E-state index in [1.54, 1.807) is 12.4 Å². The highest BCUT2D eigenvalue weighted by Crippen LogP contribution is 2.22. The van der Waals surface area contributed by atoms with Crippen LogP contribution in [0.5, 0.6) is 0 Å². The van der Waals surface area contributed by atoms with E-state index in [4.69, 9.17) is 0 Å². The summed E-state index contributed by atoms with van der Waals surface area (Å²) >= 11 is 3.38. The molecule has 7 nitrogen and oxygen atoms in total. The summed E-state index contributed by atoms with van der Waals surface area (Å²) in [5.41, 5.74) is 1.34. The first kappa shape index (κ1) is 13.9. The Balaban J connectivity index is 1.81. The van der Waals surface area contributed by atoms with Crippen molar-refractivity contribution >= 4 is 27.4 Å². The molecule has 0 spiro atoms. The Morgan fingerprint density at radius 3 is 2.81 bits per heavy atom. The van der Waals surface area contributed by atoms with Gasteiger partial charge in [-0.05, 0) is 35.0 Å². The molecule has 3 rings (SSSR count). The van der Waals surface area contributed by atoms with Crippen LogP contribution in [0.4, 0.5) is 5.82 Å². The number of aliphatic hydroxyl groups is 1. The maximum Gasteiger partial charge on any atom is 0.221 e. The molecule has 2 atom stereocenters. The van der Waals surface area contributed by atoms with Gasteiger partial charge in [-0.25, -0.2) is 4.98 Å². The molecule has 3 aromatic rings. The normalized spacial score (nSPS) is 14.0. The number of nitrogens with one attached hydrogen (secondary N) is 1. The van der Waals surface area contributed by atoms with Crippen molar-refractivity contribution in [2.45, 2.75) is 19.1 Å². The summed E-state index contributed by atoms with van der Waals surface area (Å²) in [4.78, 5) is 4.22. The molecule has 0 saturated heterocycles. The average molecular weight is 349 g/mol. The number of anilines is 1. The third kappa shape index (κ3) is 2.86. The smallest absolute Gasteiger partial charge is 0.221 e. The highest BCUT2D eigenvalue weighted by atomic mass is 79.9. The third-order valence-electron chi connectivity index (χ3n) is 3.17. The van der Waals surface area contributed by atoms with Crippen molar-refractivity contribution in [1.82, 2.24) is 25.0 Å². The van der Waals surface area contributed by atoms with Crippen LogP contribution < -0.4 is 5.32 Å². The van der Waals surface area contributed by atoms with E-state index in [9.17, 15) is 5.11 Å². The highest BCUT2D eigenvalue weighted by molar-refractivity contribution is 9.10. The lowest BCUT2D eigenvalue weighted by atomic mass is 10.0. The van der Waals surface area contributed by atoms with E-state index in [1.807, 2.05) is 31.2 Å². The molecule has 2 unspecified atom stereocenters. The van der Waals surface area contributed by atoms with E-state index in [0.717, 1.165) is 10.0 Å². The first-order valence-corrected chi connectivity index (χ1v) is 7.17.